The van der Waals surface area contributed by atoms with Crippen LogP contribution in [0.3, 0.4) is 0 Å². The lowest BCUT2D eigenvalue weighted by atomic mass is 9.97. The van der Waals surface area contributed by atoms with Crippen LogP contribution in [0.4, 0.5) is 20.6 Å². The molecule has 182 valence electrons. The van der Waals surface area contributed by atoms with Gasteiger partial charge in [0.25, 0.3) is 0 Å². The summed E-state index contributed by atoms with van der Waals surface area (Å²) in [6, 6.07) is 3.19. The number of ether oxygens (including phenoxy) is 3. The Bertz CT molecular complexity index is 1330. The van der Waals surface area contributed by atoms with Crippen LogP contribution in [-0.2, 0) is 4.74 Å². The van der Waals surface area contributed by atoms with Crippen molar-refractivity contribution in [2.24, 2.45) is 11.8 Å². The molecule has 9 nitrogen and oxygen atoms in total. The van der Waals surface area contributed by atoms with Crippen molar-refractivity contribution in [2.45, 2.75) is 25.8 Å². The summed E-state index contributed by atoms with van der Waals surface area (Å²) in [5.74, 6) is 0.977. The molecule has 1 aromatic carbocycles. The molecule has 2 atom stereocenters. The van der Waals surface area contributed by atoms with Crippen molar-refractivity contribution in [3.05, 3.63) is 35.9 Å². The first-order valence-electron chi connectivity index (χ1n) is 11.8. The Morgan fingerprint density at radius 1 is 1.23 bits per heavy atom. The molecule has 0 bridgehead atoms. The van der Waals surface area contributed by atoms with Gasteiger partial charge in [0.2, 0.25) is 11.8 Å². The van der Waals surface area contributed by atoms with E-state index in [4.69, 9.17) is 19.9 Å². The maximum Gasteiger partial charge on any atom is 0.414 e. The molecule has 2 aliphatic heterocycles. The lowest BCUT2D eigenvalue weighted by Crippen LogP contribution is -2.42. The number of nitrogens with one attached hydrogen (secondary N) is 2. The van der Waals surface area contributed by atoms with E-state index in [0.29, 0.717) is 66.0 Å². The van der Waals surface area contributed by atoms with Crippen LogP contribution in [0.15, 0.2) is 24.5 Å². The Morgan fingerprint density at radius 2 is 2.09 bits per heavy atom. The number of benzene rings is 1. The van der Waals surface area contributed by atoms with Crippen LogP contribution in [0.1, 0.15) is 18.4 Å². The normalized spacial score (nSPS) is 21.2. The van der Waals surface area contributed by atoms with Crippen molar-refractivity contribution in [1.29, 1.82) is 0 Å². The number of carbonyl (C=O) groups excluding carboxylic acids is 1. The molecule has 1 aliphatic carbocycles. The zero-order valence-electron chi connectivity index (χ0n) is 19.3. The van der Waals surface area contributed by atoms with Gasteiger partial charge in [-0.25, -0.2) is 19.2 Å². The fraction of sp³-hybridized carbons (Fsp3) is 0.400. The minimum atomic E-state index is -0.589. The maximum atomic E-state index is 15.3. The third-order valence-corrected chi connectivity index (χ3v) is 7.06. The molecule has 4 heterocycles. The van der Waals surface area contributed by atoms with Crippen LogP contribution in [0.2, 0.25) is 0 Å². The summed E-state index contributed by atoms with van der Waals surface area (Å²) >= 11 is 0. The Balaban J connectivity index is 1.29. The first kappa shape index (κ1) is 21.8. The minimum absolute atomic E-state index is 0.0299. The molecule has 3 aliphatic rings. The number of carbonyl (C=O) groups is 1. The van der Waals surface area contributed by atoms with Gasteiger partial charge in [0.1, 0.15) is 12.3 Å². The Morgan fingerprint density at radius 3 is 2.91 bits per heavy atom. The summed E-state index contributed by atoms with van der Waals surface area (Å²) in [5.41, 5.74) is 8.55. The van der Waals surface area contributed by atoms with Crippen LogP contribution in [0.5, 0.6) is 11.8 Å². The molecule has 3 aromatic rings. The van der Waals surface area contributed by atoms with Crippen LogP contribution in [0, 0.1) is 24.6 Å². The van der Waals surface area contributed by atoms with E-state index in [1.807, 2.05) is 6.92 Å². The summed E-state index contributed by atoms with van der Waals surface area (Å²) < 4.78 is 31.9. The van der Waals surface area contributed by atoms with Crippen molar-refractivity contribution in [1.82, 2.24) is 15.3 Å². The van der Waals surface area contributed by atoms with E-state index in [0.717, 1.165) is 11.3 Å². The fourth-order valence-corrected chi connectivity index (χ4v) is 5.01. The highest BCUT2D eigenvalue weighted by Crippen LogP contribution is 2.41. The Labute approximate surface area is 201 Å². The van der Waals surface area contributed by atoms with Crippen molar-refractivity contribution in [3.8, 4) is 22.9 Å². The molecule has 6 rings (SSSR count). The van der Waals surface area contributed by atoms with Gasteiger partial charge >= 0.3 is 6.09 Å². The van der Waals surface area contributed by atoms with E-state index >= 15 is 4.39 Å². The van der Waals surface area contributed by atoms with Crippen LogP contribution < -0.4 is 25.8 Å². The zero-order valence-corrected chi connectivity index (χ0v) is 19.3. The number of anilines is 2. The lowest BCUT2D eigenvalue weighted by molar-refractivity contribution is 0.175. The fourth-order valence-electron chi connectivity index (χ4n) is 5.01. The standard InChI is InChI=1S/C25H26FN5O4/c1-12-16(8-30-24-23(12)28-4-5-34-24)15-6-14-7-20(29-9-17(14)22(27)21(15)26)35-25(32)31-19-11-33-10-18(19)13-2-3-13/h6-9,13,18-19,28H,2-5,10-11,27H2,1H3,(H,31,32). The Hall–Kier alpha value is -3.66. The van der Waals surface area contributed by atoms with E-state index in [9.17, 15) is 4.79 Å². The molecule has 2 unspecified atom stereocenters. The highest BCUT2D eigenvalue weighted by atomic mass is 19.1. The van der Waals surface area contributed by atoms with E-state index in [-0.39, 0.29) is 17.6 Å². The molecule has 1 saturated carbocycles. The van der Waals surface area contributed by atoms with E-state index in [1.54, 1.807) is 18.3 Å². The summed E-state index contributed by atoms with van der Waals surface area (Å²) in [6.07, 6.45) is 4.76. The maximum absolute atomic E-state index is 15.3. The third kappa shape index (κ3) is 3.97. The van der Waals surface area contributed by atoms with Gasteiger partial charge in [0.05, 0.1) is 24.9 Å². The Kier molecular flexibility index (Phi) is 5.32. The van der Waals surface area contributed by atoms with Gasteiger partial charge in [-0.3, -0.25) is 0 Å². The first-order chi connectivity index (χ1) is 17.0. The molecule has 10 heteroatoms. The van der Waals surface area contributed by atoms with Gasteiger partial charge in [0.15, 0.2) is 5.82 Å². The monoisotopic (exact) mass is 479 g/mol. The van der Waals surface area contributed by atoms with E-state index < -0.39 is 11.9 Å². The molecule has 1 saturated heterocycles. The topological polar surface area (TPSA) is 121 Å². The summed E-state index contributed by atoms with van der Waals surface area (Å²) in [5, 5.41) is 7.19. The average molecular weight is 480 g/mol. The number of nitrogen functional groups attached to an aromatic ring is 1. The van der Waals surface area contributed by atoms with Crippen molar-refractivity contribution in [2.75, 3.05) is 37.4 Å². The molecular formula is C25H26FN5O4. The van der Waals surface area contributed by atoms with Gasteiger partial charge in [0, 0.05) is 47.4 Å². The zero-order chi connectivity index (χ0) is 24.1. The van der Waals surface area contributed by atoms with Crippen LogP contribution in [-0.4, -0.2) is 48.5 Å². The number of pyridine rings is 2. The minimum Gasteiger partial charge on any atom is -0.474 e. The second-order valence-electron chi connectivity index (χ2n) is 9.33. The molecular weight excluding hydrogens is 453 g/mol. The summed E-state index contributed by atoms with van der Waals surface area (Å²) in [7, 11) is 0. The number of nitrogens with two attached hydrogens (primary N) is 1. The molecule has 2 aromatic heterocycles. The second kappa shape index (κ2) is 8.53. The number of nitrogens with zero attached hydrogens (tertiary/aromatic N) is 2. The first-order valence-corrected chi connectivity index (χ1v) is 11.8. The van der Waals surface area contributed by atoms with Gasteiger partial charge in [-0.1, -0.05) is 0 Å². The van der Waals surface area contributed by atoms with Crippen LogP contribution >= 0.6 is 0 Å². The SMILES string of the molecule is Cc1c(-c2cc3cc(OC(=O)NC4COCC4C4CC4)ncc3c(N)c2F)cnc2c1NCCO2. The molecule has 35 heavy (non-hydrogen) atoms. The van der Waals surface area contributed by atoms with Gasteiger partial charge in [-0.2, -0.15) is 0 Å². The van der Waals surface area contributed by atoms with E-state index in [1.165, 1.54) is 19.0 Å². The average Bonchev–Trinajstić information content (AvgIpc) is 3.60. The number of hydrogen-bond acceptors (Lipinski definition) is 8. The number of aromatic nitrogens is 2. The van der Waals surface area contributed by atoms with Gasteiger partial charge in [-0.05, 0) is 42.7 Å². The summed E-state index contributed by atoms with van der Waals surface area (Å²) in [6.45, 7) is 4.19. The highest BCUT2D eigenvalue weighted by Gasteiger charge is 2.41. The molecule has 4 N–H and O–H groups in total. The largest absolute Gasteiger partial charge is 0.474 e. The number of rotatable bonds is 4. The number of amides is 1. The molecule has 0 spiro atoms. The van der Waals surface area contributed by atoms with Gasteiger partial charge in [-0.15, -0.1) is 0 Å². The lowest BCUT2D eigenvalue weighted by Gasteiger charge is -2.22. The second-order valence-corrected chi connectivity index (χ2v) is 9.33. The molecule has 1 amide bonds. The smallest absolute Gasteiger partial charge is 0.414 e. The quantitative estimate of drug-likeness (QED) is 0.485. The molecule has 2 fully saturated rings. The number of hydrogen-bond donors (Lipinski definition) is 3. The van der Waals surface area contributed by atoms with Gasteiger partial charge < -0.3 is 30.6 Å². The predicted molar refractivity (Wildman–Crippen MR) is 128 cm³/mol. The van der Waals surface area contributed by atoms with Crippen molar-refractivity contribution in [3.63, 3.8) is 0 Å². The highest BCUT2D eigenvalue weighted by molar-refractivity contribution is 5.98. The third-order valence-electron chi connectivity index (χ3n) is 7.06. The predicted octanol–water partition coefficient (Wildman–Crippen LogP) is 3.64. The molecule has 0 radical (unpaired) electrons. The van der Waals surface area contributed by atoms with Crippen molar-refractivity contribution >= 4 is 28.2 Å². The summed E-state index contributed by atoms with van der Waals surface area (Å²) in [4.78, 5) is 21.1. The number of fused-ring (bicyclic) bond motifs is 2. The number of halogens is 1. The van der Waals surface area contributed by atoms with Crippen molar-refractivity contribution < 1.29 is 23.4 Å². The van der Waals surface area contributed by atoms with Crippen LogP contribution in [0.25, 0.3) is 21.9 Å². The van der Waals surface area contributed by atoms with E-state index in [2.05, 4.69) is 20.6 Å².